The van der Waals surface area contributed by atoms with E-state index >= 15 is 0 Å². The Labute approximate surface area is 137 Å². The molecule has 0 radical (unpaired) electrons. The van der Waals surface area contributed by atoms with Gasteiger partial charge < -0.3 is 5.32 Å². The molecule has 0 fully saturated rings. The second-order valence-corrected chi connectivity index (χ2v) is 6.43. The maximum Gasteiger partial charge on any atom is 0.332 e. The molecule has 2 heterocycles. The second-order valence-electron chi connectivity index (χ2n) is 5.55. The second kappa shape index (κ2) is 5.73. The number of anilines is 1. The van der Waals surface area contributed by atoms with Crippen LogP contribution in [-0.2, 0) is 18.9 Å². The molecule has 7 heteroatoms. The van der Waals surface area contributed by atoms with Crippen LogP contribution in [0.2, 0.25) is 0 Å². The van der Waals surface area contributed by atoms with Gasteiger partial charge in [0.2, 0.25) is 5.91 Å². The molecule has 0 bridgehead atoms. The lowest BCUT2D eigenvalue weighted by atomic mass is 9.87. The van der Waals surface area contributed by atoms with Crippen LogP contribution >= 0.6 is 11.8 Å². The van der Waals surface area contributed by atoms with Gasteiger partial charge in [-0.1, -0.05) is 12.1 Å². The Morgan fingerprint density at radius 3 is 2.35 bits per heavy atom. The summed E-state index contributed by atoms with van der Waals surface area (Å²) in [6, 6.07) is 7.81. The Bertz CT molecular complexity index is 897. The van der Waals surface area contributed by atoms with Crippen molar-refractivity contribution in [1.82, 2.24) is 9.13 Å². The highest BCUT2D eigenvalue weighted by atomic mass is 32.2. The van der Waals surface area contributed by atoms with E-state index in [0.29, 0.717) is 11.4 Å². The van der Waals surface area contributed by atoms with Crippen LogP contribution in [0.3, 0.4) is 0 Å². The summed E-state index contributed by atoms with van der Waals surface area (Å²) in [6.45, 7) is 0. The SMILES string of the molecule is CSc1ccc([C@H]2CC(=O)Nc3c2c(=O)n(C)c(=O)n3C)cc1. The van der Waals surface area contributed by atoms with Gasteiger partial charge in [-0.25, -0.2) is 4.79 Å². The summed E-state index contributed by atoms with van der Waals surface area (Å²) in [5.41, 5.74) is 0.551. The van der Waals surface area contributed by atoms with Crippen LogP contribution in [0, 0.1) is 0 Å². The average Bonchev–Trinajstić information content (AvgIpc) is 2.57. The van der Waals surface area contributed by atoms with Gasteiger partial charge in [-0.3, -0.25) is 18.7 Å². The highest BCUT2D eigenvalue weighted by Gasteiger charge is 2.32. The number of hydrogen-bond donors (Lipinski definition) is 1. The summed E-state index contributed by atoms with van der Waals surface area (Å²) in [6.07, 6.45) is 2.18. The van der Waals surface area contributed by atoms with E-state index in [9.17, 15) is 14.4 Å². The van der Waals surface area contributed by atoms with Gasteiger partial charge in [0.05, 0.1) is 5.56 Å². The molecule has 0 saturated carbocycles. The minimum Gasteiger partial charge on any atom is -0.312 e. The molecular formula is C16H17N3O3S. The molecule has 1 aromatic carbocycles. The maximum absolute atomic E-state index is 12.6. The van der Waals surface area contributed by atoms with E-state index in [4.69, 9.17) is 0 Å². The molecule has 6 nitrogen and oxygen atoms in total. The number of aromatic nitrogens is 2. The zero-order chi connectivity index (χ0) is 16.7. The normalized spacial score (nSPS) is 16.8. The molecule has 0 saturated heterocycles. The molecule has 1 aliphatic rings. The van der Waals surface area contributed by atoms with Crippen LogP contribution in [-0.4, -0.2) is 21.3 Å². The fourth-order valence-electron chi connectivity index (χ4n) is 2.93. The molecule has 120 valence electrons. The molecule has 1 atom stereocenters. The Morgan fingerprint density at radius 1 is 1.09 bits per heavy atom. The molecule has 0 aliphatic carbocycles. The smallest absolute Gasteiger partial charge is 0.312 e. The third kappa shape index (κ3) is 2.50. The van der Waals surface area contributed by atoms with E-state index in [1.165, 1.54) is 11.6 Å². The molecule has 1 aromatic heterocycles. The zero-order valence-electron chi connectivity index (χ0n) is 13.1. The minimum atomic E-state index is -0.451. The van der Waals surface area contributed by atoms with Gasteiger partial charge in [-0.2, -0.15) is 0 Å². The van der Waals surface area contributed by atoms with Gasteiger partial charge in [0.25, 0.3) is 5.56 Å². The number of carbonyl (C=O) groups excluding carboxylic acids is 1. The number of amides is 1. The Hall–Kier alpha value is -2.28. The largest absolute Gasteiger partial charge is 0.332 e. The summed E-state index contributed by atoms with van der Waals surface area (Å²) < 4.78 is 2.40. The lowest BCUT2D eigenvalue weighted by molar-refractivity contribution is -0.116. The van der Waals surface area contributed by atoms with E-state index in [-0.39, 0.29) is 23.8 Å². The Balaban J connectivity index is 2.24. The van der Waals surface area contributed by atoms with E-state index in [0.717, 1.165) is 15.0 Å². The molecule has 0 unspecified atom stereocenters. The van der Waals surface area contributed by atoms with Crippen molar-refractivity contribution in [1.29, 1.82) is 0 Å². The lowest BCUT2D eigenvalue weighted by Gasteiger charge is -2.27. The molecule has 1 N–H and O–H groups in total. The number of fused-ring (bicyclic) bond motifs is 1. The highest BCUT2D eigenvalue weighted by molar-refractivity contribution is 7.98. The van der Waals surface area contributed by atoms with E-state index in [1.807, 2.05) is 30.5 Å². The van der Waals surface area contributed by atoms with Gasteiger partial charge in [-0.15, -0.1) is 11.8 Å². The Morgan fingerprint density at radius 2 is 1.74 bits per heavy atom. The van der Waals surface area contributed by atoms with Gasteiger partial charge in [0.1, 0.15) is 5.82 Å². The van der Waals surface area contributed by atoms with Gasteiger partial charge in [-0.05, 0) is 24.0 Å². The van der Waals surface area contributed by atoms with Crippen LogP contribution < -0.4 is 16.6 Å². The summed E-state index contributed by atoms with van der Waals surface area (Å²) in [5.74, 6) is -0.242. The molecule has 1 amide bonds. The zero-order valence-corrected chi connectivity index (χ0v) is 13.9. The van der Waals surface area contributed by atoms with Crippen molar-refractivity contribution in [3.8, 4) is 0 Å². The molecule has 0 spiro atoms. The molecular weight excluding hydrogens is 314 g/mol. The lowest BCUT2D eigenvalue weighted by Crippen LogP contribution is -2.44. The number of nitrogens with one attached hydrogen (secondary N) is 1. The highest BCUT2D eigenvalue weighted by Crippen LogP contribution is 2.34. The van der Waals surface area contributed by atoms with Crippen molar-refractivity contribution in [2.24, 2.45) is 14.1 Å². The predicted octanol–water partition coefficient (Wildman–Crippen LogP) is 1.28. The summed E-state index contributed by atoms with van der Waals surface area (Å²) in [4.78, 5) is 37.8. The monoisotopic (exact) mass is 331 g/mol. The van der Waals surface area contributed by atoms with Crippen LogP contribution in [0.15, 0.2) is 38.8 Å². The van der Waals surface area contributed by atoms with E-state index in [2.05, 4.69) is 5.32 Å². The van der Waals surface area contributed by atoms with Crippen molar-refractivity contribution < 1.29 is 4.79 Å². The van der Waals surface area contributed by atoms with Gasteiger partial charge in [0.15, 0.2) is 0 Å². The fraction of sp³-hybridized carbons (Fsp3) is 0.312. The summed E-state index contributed by atoms with van der Waals surface area (Å²) in [7, 11) is 3.01. The molecule has 3 rings (SSSR count). The first-order valence-electron chi connectivity index (χ1n) is 7.17. The van der Waals surface area contributed by atoms with Crippen molar-refractivity contribution in [3.05, 3.63) is 56.2 Å². The number of nitrogens with zero attached hydrogens (tertiary/aromatic N) is 2. The van der Waals surface area contributed by atoms with Crippen LogP contribution in [0.25, 0.3) is 0 Å². The third-order valence-corrected chi connectivity index (χ3v) is 4.96. The summed E-state index contributed by atoms with van der Waals surface area (Å²) >= 11 is 1.63. The van der Waals surface area contributed by atoms with Crippen LogP contribution in [0.4, 0.5) is 5.82 Å². The number of hydrogen-bond acceptors (Lipinski definition) is 4. The van der Waals surface area contributed by atoms with E-state index in [1.54, 1.807) is 18.8 Å². The molecule has 1 aliphatic heterocycles. The number of thioether (sulfide) groups is 1. The predicted molar refractivity (Wildman–Crippen MR) is 90.2 cm³/mol. The summed E-state index contributed by atoms with van der Waals surface area (Å²) in [5, 5.41) is 2.67. The quantitative estimate of drug-likeness (QED) is 0.842. The van der Waals surface area contributed by atoms with Crippen LogP contribution in [0.5, 0.6) is 0 Å². The molecule has 2 aromatic rings. The first-order chi connectivity index (χ1) is 10.9. The van der Waals surface area contributed by atoms with Crippen molar-refractivity contribution >= 4 is 23.5 Å². The van der Waals surface area contributed by atoms with Crippen molar-refractivity contribution in [3.63, 3.8) is 0 Å². The topological polar surface area (TPSA) is 73.1 Å². The Kier molecular flexibility index (Phi) is 3.89. The number of benzene rings is 1. The van der Waals surface area contributed by atoms with Gasteiger partial charge in [0, 0.05) is 31.3 Å². The standard InChI is InChI=1S/C16H17N3O3S/c1-18-14-13(15(21)19(2)16(18)22)11(8-12(20)17-14)9-4-6-10(23-3)7-5-9/h4-7,11H,8H2,1-3H3,(H,17,20)/t11-/m1/s1. The fourth-order valence-corrected chi connectivity index (χ4v) is 3.33. The number of rotatable bonds is 2. The van der Waals surface area contributed by atoms with Gasteiger partial charge >= 0.3 is 5.69 Å². The average molecular weight is 331 g/mol. The van der Waals surface area contributed by atoms with Crippen molar-refractivity contribution in [2.45, 2.75) is 17.2 Å². The number of carbonyl (C=O) groups is 1. The molecule has 23 heavy (non-hydrogen) atoms. The first kappa shape index (κ1) is 15.6. The van der Waals surface area contributed by atoms with Crippen LogP contribution in [0.1, 0.15) is 23.5 Å². The first-order valence-corrected chi connectivity index (χ1v) is 8.40. The third-order valence-electron chi connectivity index (χ3n) is 4.21. The van der Waals surface area contributed by atoms with E-state index < -0.39 is 5.69 Å². The minimum absolute atomic E-state index is 0.194. The maximum atomic E-state index is 12.6. The van der Waals surface area contributed by atoms with Crippen molar-refractivity contribution in [2.75, 3.05) is 11.6 Å².